The monoisotopic (exact) mass is 591 g/mol. The molecule has 0 saturated heterocycles. The summed E-state index contributed by atoms with van der Waals surface area (Å²) < 4.78 is 13.2. The van der Waals surface area contributed by atoms with Crippen molar-refractivity contribution in [2.45, 2.75) is 19.9 Å². The molecule has 11 heteroatoms. The number of carboxylic acid groups (broad SMARTS) is 1. The van der Waals surface area contributed by atoms with Gasteiger partial charge in [0.1, 0.15) is 11.5 Å². The predicted molar refractivity (Wildman–Crippen MR) is 157 cm³/mol. The highest BCUT2D eigenvalue weighted by atomic mass is 35.5. The number of hydrogen-bond donors (Lipinski definition) is 1. The molecule has 1 aliphatic rings. The normalized spacial score (nSPS) is 15.0. The molecule has 2 aromatic carbocycles. The summed E-state index contributed by atoms with van der Waals surface area (Å²) in [7, 11) is 3.87. The molecule has 0 radical (unpaired) electrons. The third-order valence-corrected chi connectivity index (χ3v) is 7.92. The van der Waals surface area contributed by atoms with E-state index in [4.69, 9.17) is 20.8 Å². The number of anilines is 1. The van der Waals surface area contributed by atoms with Crippen molar-refractivity contribution in [3.63, 3.8) is 0 Å². The average Bonchev–Trinajstić information content (AvgIpc) is 3.52. The maximum atomic E-state index is 13.8. The number of hydrogen-bond acceptors (Lipinski definition) is 8. The summed E-state index contributed by atoms with van der Waals surface area (Å²) in [6.45, 7) is 3.66. The lowest BCUT2D eigenvalue weighted by molar-refractivity contribution is -0.139. The van der Waals surface area contributed by atoms with Gasteiger partial charge in [-0.15, -0.1) is 0 Å². The standard InChI is InChI=1S/C30H26ClN3O6S/c1-5-39-29(38)25-16(2)32-30-34(26(25)17-6-9-19(10-7-17)33(3)4)27(35)24(41-30)15-20-11-13-23(40-20)18-8-12-21(28(36)37)22(31)14-18/h6-15,26H,5H2,1-4H3,(H,36,37)/b24-15-/t26-/m1/s1. The lowest BCUT2D eigenvalue weighted by Gasteiger charge is -2.25. The summed E-state index contributed by atoms with van der Waals surface area (Å²) in [5.41, 5.74) is 2.79. The van der Waals surface area contributed by atoms with Crippen LogP contribution in [0.2, 0.25) is 5.02 Å². The number of furan rings is 1. The molecule has 4 aromatic rings. The molecular formula is C30H26ClN3O6S. The molecule has 0 spiro atoms. The Balaban J connectivity index is 1.60. The maximum absolute atomic E-state index is 13.8. The van der Waals surface area contributed by atoms with Crippen LogP contribution in [0.25, 0.3) is 17.4 Å². The third-order valence-electron chi connectivity index (χ3n) is 6.63. The molecular weight excluding hydrogens is 566 g/mol. The number of halogens is 1. The number of carbonyl (C=O) groups excluding carboxylic acids is 1. The number of nitrogens with zero attached hydrogens (tertiary/aromatic N) is 3. The highest BCUT2D eigenvalue weighted by Gasteiger charge is 2.33. The number of allylic oxidation sites excluding steroid dienone is 1. The number of carbonyl (C=O) groups is 2. The third kappa shape index (κ3) is 5.36. The van der Waals surface area contributed by atoms with E-state index in [1.807, 2.05) is 43.3 Å². The summed E-state index contributed by atoms with van der Waals surface area (Å²) in [6, 6.07) is 14.9. The number of aromatic carboxylic acids is 1. The van der Waals surface area contributed by atoms with E-state index in [1.165, 1.54) is 28.0 Å². The Hall–Kier alpha value is -4.41. The molecule has 210 valence electrons. The van der Waals surface area contributed by atoms with Gasteiger partial charge in [-0.05, 0) is 55.8 Å². The van der Waals surface area contributed by atoms with Gasteiger partial charge in [0.15, 0.2) is 4.80 Å². The first-order valence-electron chi connectivity index (χ1n) is 12.7. The van der Waals surface area contributed by atoms with Gasteiger partial charge in [0, 0.05) is 31.4 Å². The summed E-state index contributed by atoms with van der Waals surface area (Å²) >= 11 is 7.32. The molecule has 9 nitrogen and oxygen atoms in total. The molecule has 0 unspecified atom stereocenters. The molecule has 1 atom stereocenters. The molecule has 1 aliphatic heterocycles. The van der Waals surface area contributed by atoms with E-state index in [0.29, 0.717) is 37.7 Å². The minimum Gasteiger partial charge on any atom is -0.478 e. The molecule has 41 heavy (non-hydrogen) atoms. The number of thiazole rings is 1. The fraction of sp³-hybridized carbons (Fsp3) is 0.200. The topological polar surface area (TPSA) is 114 Å². The van der Waals surface area contributed by atoms with Crippen molar-refractivity contribution in [2.24, 2.45) is 4.99 Å². The van der Waals surface area contributed by atoms with Crippen LogP contribution in [0.15, 0.2) is 80.1 Å². The fourth-order valence-corrected chi connectivity index (χ4v) is 5.91. The van der Waals surface area contributed by atoms with Gasteiger partial charge in [-0.1, -0.05) is 41.1 Å². The van der Waals surface area contributed by atoms with Gasteiger partial charge in [-0.2, -0.15) is 0 Å². The van der Waals surface area contributed by atoms with E-state index in [0.717, 1.165) is 11.3 Å². The lowest BCUT2D eigenvalue weighted by Crippen LogP contribution is -2.39. The Kier molecular flexibility index (Phi) is 7.70. The highest BCUT2D eigenvalue weighted by molar-refractivity contribution is 7.07. The summed E-state index contributed by atoms with van der Waals surface area (Å²) in [5.74, 6) is -0.766. The van der Waals surface area contributed by atoms with E-state index in [2.05, 4.69) is 4.99 Å². The van der Waals surface area contributed by atoms with Crippen LogP contribution in [0, 0.1) is 0 Å². The quantitative estimate of drug-likeness (QED) is 0.315. The van der Waals surface area contributed by atoms with E-state index in [1.54, 1.807) is 38.1 Å². The van der Waals surface area contributed by atoms with Crippen molar-refractivity contribution in [2.75, 3.05) is 25.6 Å². The zero-order valence-electron chi connectivity index (χ0n) is 22.7. The lowest BCUT2D eigenvalue weighted by atomic mass is 9.95. The highest BCUT2D eigenvalue weighted by Crippen LogP contribution is 2.32. The minimum atomic E-state index is -1.12. The Morgan fingerprint density at radius 1 is 1.17 bits per heavy atom. The van der Waals surface area contributed by atoms with Crippen LogP contribution in [0.3, 0.4) is 0 Å². The second-order valence-corrected chi connectivity index (χ2v) is 10.9. The van der Waals surface area contributed by atoms with Crippen LogP contribution in [0.1, 0.15) is 41.6 Å². The van der Waals surface area contributed by atoms with Crippen LogP contribution in [0.5, 0.6) is 0 Å². The van der Waals surface area contributed by atoms with Crippen LogP contribution >= 0.6 is 22.9 Å². The Labute approximate surface area is 243 Å². The van der Waals surface area contributed by atoms with Crippen molar-refractivity contribution < 1.29 is 23.8 Å². The SMILES string of the molecule is CCOC(=O)C1=C(C)N=c2s/c(=C\c3ccc(-c4ccc(C(=O)O)c(Cl)c4)o3)c(=O)n2[C@@H]1c1ccc(N(C)C)cc1. The molecule has 0 amide bonds. The predicted octanol–water partition coefficient (Wildman–Crippen LogP) is 4.48. The van der Waals surface area contributed by atoms with E-state index < -0.39 is 18.0 Å². The van der Waals surface area contributed by atoms with Gasteiger partial charge in [0.2, 0.25) is 0 Å². The van der Waals surface area contributed by atoms with Crippen molar-refractivity contribution in [3.05, 3.63) is 107 Å². The van der Waals surface area contributed by atoms with Crippen molar-refractivity contribution in [1.82, 2.24) is 4.57 Å². The van der Waals surface area contributed by atoms with Crippen LogP contribution in [0.4, 0.5) is 5.69 Å². The van der Waals surface area contributed by atoms with E-state index in [-0.39, 0.29) is 22.8 Å². The Morgan fingerprint density at radius 3 is 2.54 bits per heavy atom. The first-order chi connectivity index (χ1) is 19.6. The number of benzene rings is 2. The van der Waals surface area contributed by atoms with Crippen LogP contribution in [-0.2, 0) is 9.53 Å². The van der Waals surface area contributed by atoms with Crippen molar-refractivity contribution in [3.8, 4) is 11.3 Å². The smallest absolute Gasteiger partial charge is 0.338 e. The summed E-state index contributed by atoms with van der Waals surface area (Å²) in [4.78, 5) is 45.2. The summed E-state index contributed by atoms with van der Waals surface area (Å²) in [5, 5.41) is 9.31. The summed E-state index contributed by atoms with van der Waals surface area (Å²) in [6.07, 6.45) is 1.62. The van der Waals surface area contributed by atoms with E-state index >= 15 is 0 Å². The number of fused-ring (bicyclic) bond motifs is 1. The van der Waals surface area contributed by atoms with Crippen LogP contribution < -0.4 is 19.8 Å². The number of rotatable bonds is 7. The largest absolute Gasteiger partial charge is 0.478 e. The van der Waals surface area contributed by atoms with Gasteiger partial charge < -0.3 is 19.2 Å². The second-order valence-electron chi connectivity index (χ2n) is 9.49. The molecule has 3 heterocycles. The van der Waals surface area contributed by atoms with E-state index in [9.17, 15) is 19.5 Å². The van der Waals surface area contributed by atoms with Crippen molar-refractivity contribution in [1.29, 1.82) is 0 Å². The van der Waals surface area contributed by atoms with Gasteiger partial charge in [-0.25, -0.2) is 14.6 Å². The number of carboxylic acids is 1. The fourth-order valence-electron chi connectivity index (χ4n) is 4.62. The Morgan fingerprint density at radius 2 is 1.90 bits per heavy atom. The molecule has 5 rings (SSSR count). The Bertz CT molecular complexity index is 1880. The van der Waals surface area contributed by atoms with Gasteiger partial charge >= 0.3 is 11.9 Å². The van der Waals surface area contributed by atoms with Crippen molar-refractivity contribution >= 4 is 46.6 Å². The molecule has 1 N–H and O–H groups in total. The number of aromatic nitrogens is 1. The van der Waals surface area contributed by atoms with Crippen LogP contribution in [-0.4, -0.2) is 42.3 Å². The zero-order chi connectivity index (χ0) is 29.4. The molecule has 2 aromatic heterocycles. The minimum absolute atomic E-state index is 0.00769. The second kappa shape index (κ2) is 11.2. The number of ether oxygens (including phenoxy) is 1. The first-order valence-corrected chi connectivity index (χ1v) is 13.9. The maximum Gasteiger partial charge on any atom is 0.338 e. The van der Waals surface area contributed by atoms with Gasteiger partial charge in [-0.3, -0.25) is 9.36 Å². The molecule has 0 saturated carbocycles. The molecule has 0 bridgehead atoms. The average molecular weight is 592 g/mol. The van der Waals surface area contributed by atoms with Gasteiger partial charge in [0.05, 0.1) is 39.0 Å². The van der Waals surface area contributed by atoms with Gasteiger partial charge in [0.25, 0.3) is 5.56 Å². The molecule has 0 aliphatic carbocycles. The first kappa shape index (κ1) is 28.1. The zero-order valence-corrected chi connectivity index (χ0v) is 24.2. The number of esters is 1. The molecule has 0 fully saturated rings.